The van der Waals surface area contributed by atoms with Crippen molar-refractivity contribution in [3.05, 3.63) is 36.1 Å². The maximum Gasteiger partial charge on any atom is 0.134 e. The van der Waals surface area contributed by atoms with E-state index in [1.807, 2.05) is 30.3 Å². The number of rotatable bonds is 6. The monoisotopic (exact) mass is 233 g/mol. The van der Waals surface area contributed by atoms with Crippen LogP contribution >= 0.6 is 0 Å². The smallest absolute Gasteiger partial charge is 0.134 e. The number of fused-ring (bicyclic) bond motifs is 1. The van der Waals surface area contributed by atoms with E-state index in [1.54, 1.807) is 0 Å². The van der Waals surface area contributed by atoms with Crippen LogP contribution in [-0.2, 0) is 4.74 Å². The number of hydrogen-bond acceptors (Lipinski definition) is 3. The van der Waals surface area contributed by atoms with Gasteiger partial charge in [0, 0.05) is 18.6 Å². The van der Waals surface area contributed by atoms with Crippen LogP contribution in [0.4, 0.5) is 0 Å². The van der Waals surface area contributed by atoms with Crippen molar-refractivity contribution >= 4 is 11.0 Å². The van der Waals surface area contributed by atoms with Crippen LogP contribution < -0.4 is 5.73 Å². The Morgan fingerprint density at radius 3 is 2.88 bits per heavy atom. The molecule has 0 aliphatic carbocycles. The number of hydrogen-bond donors (Lipinski definition) is 1. The van der Waals surface area contributed by atoms with E-state index in [0.29, 0.717) is 6.61 Å². The van der Waals surface area contributed by atoms with Gasteiger partial charge in [-0.25, -0.2) is 0 Å². The van der Waals surface area contributed by atoms with Gasteiger partial charge in [-0.15, -0.1) is 0 Å². The third kappa shape index (κ3) is 3.08. The van der Waals surface area contributed by atoms with Crippen molar-refractivity contribution in [1.82, 2.24) is 0 Å². The molecule has 0 aliphatic rings. The minimum Gasteiger partial charge on any atom is -0.459 e. The Balaban J connectivity index is 1.96. The Bertz CT molecular complexity index is 431. The van der Waals surface area contributed by atoms with Gasteiger partial charge in [0.1, 0.15) is 11.3 Å². The van der Waals surface area contributed by atoms with E-state index in [9.17, 15) is 0 Å². The number of nitrogens with two attached hydrogens (primary N) is 1. The lowest BCUT2D eigenvalue weighted by Crippen LogP contribution is -2.12. The molecular formula is C14H19NO2. The van der Waals surface area contributed by atoms with Gasteiger partial charge in [0.2, 0.25) is 0 Å². The van der Waals surface area contributed by atoms with Gasteiger partial charge in [-0.05, 0) is 25.0 Å². The highest BCUT2D eigenvalue weighted by Crippen LogP contribution is 2.24. The average Bonchev–Trinajstić information content (AvgIpc) is 2.78. The molecule has 0 bridgehead atoms. The predicted molar refractivity (Wildman–Crippen MR) is 68.9 cm³/mol. The highest BCUT2D eigenvalue weighted by Gasteiger charge is 2.11. The van der Waals surface area contributed by atoms with Gasteiger partial charge in [-0.2, -0.15) is 0 Å². The van der Waals surface area contributed by atoms with E-state index in [1.165, 1.54) is 0 Å². The summed E-state index contributed by atoms with van der Waals surface area (Å²) in [4.78, 5) is 0. The molecule has 0 amide bonds. The fourth-order valence-corrected chi connectivity index (χ4v) is 1.78. The first-order chi connectivity index (χ1) is 8.31. The molecule has 3 heteroatoms. The summed E-state index contributed by atoms with van der Waals surface area (Å²) >= 11 is 0. The van der Waals surface area contributed by atoms with Crippen molar-refractivity contribution < 1.29 is 9.15 Å². The molecule has 0 saturated carbocycles. The van der Waals surface area contributed by atoms with Crippen LogP contribution in [0.1, 0.15) is 31.6 Å². The second kappa shape index (κ2) is 5.84. The van der Waals surface area contributed by atoms with E-state index in [0.717, 1.165) is 36.2 Å². The first-order valence-electron chi connectivity index (χ1n) is 6.13. The van der Waals surface area contributed by atoms with E-state index in [2.05, 4.69) is 6.92 Å². The summed E-state index contributed by atoms with van der Waals surface area (Å²) in [5.41, 5.74) is 6.96. The number of ether oxygens (including phenoxy) is 1. The summed E-state index contributed by atoms with van der Waals surface area (Å²) in [6.07, 6.45) is 1.83. The first kappa shape index (κ1) is 12.1. The zero-order chi connectivity index (χ0) is 12.1. The molecule has 1 aromatic heterocycles. The first-order valence-corrected chi connectivity index (χ1v) is 6.13. The van der Waals surface area contributed by atoms with E-state index >= 15 is 0 Å². The van der Waals surface area contributed by atoms with Gasteiger partial charge in [0.25, 0.3) is 0 Å². The number of furan rings is 1. The average molecular weight is 233 g/mol. The molecule has 1 atom stereocenters. The molecule has 92 valence electrons. The number of benzene rings is 1. The van der Waals surface area contributed by atoms with E-state index in [4.69, 9.17) is 14.9 Å². The van der Waals surface area contributed by atoms with Crippen LogP contribution in [0.15, 0.2) is 34.7 Å². The SMILES string of the molecule is CCCOCCC(N)c1cc2ccccc2o1. The molecule has 0 aliphatic heterocycles. The topological polar surface area (TPSA) is 48.4 Å². The molecule has 0 radical (unpaired) electrons. The fourth-order valence-electron chi connectivity index (χ4n) is 1.78. The second-order valence-corrected chi connectivity index (χ2v) is 4.19. The molecule has 17 heavy (non-hydrogen) atoms. The molecule has 1 heterocycles. The lowest BCUT2D eigenvalue weighted by Gasteiger charge is -2.08. The van der Waals surface area contributed by atoms with Gasteiger partial charge < -0.3 is 14.9 Å². The highest BCUT2D eigenvalue weighted by molar-refractivity contribution is 5.77. The van der Waals surface area contributed by atoms with Crippen molar-refractivity contribution in [2.75, 3.05) is 13.2 Å². The standard InChI is InChI=1S/C14H19NO2/c1-2-8-16-9-7-12(15)14-10-11-5-3-4-6-13(11)17-14/h3-6,10,12H,2,7-9,15H2,1H3. The molecular weight excluding hydrogens is 214 g/mol. The summed E-state index contributed by atoms with van der Waals surface area (Å²) in [5.74, 6) is 0.839. The van der Waals surface area contributed by atoms with Crippen molar-refractivity contribution in [3.63, 3.8) is 0 Å². The lowest BCUT2D eigenvalue weighted by atomic mass is 10.1. The van der Waals surface area contributed by atoms with Crippen LogP contribution in [0.5, 0.6) is 0 Å². The van der Waals surface area contributed by atoms with Crippen molar-refractivity contribution in [3.8, 4) is 0 Å². The molecule has 0 fully saturated rings. The maximum atomic E-state index is 6.07. The summed E-state index contributed by atoms with van der Waals surface area (Å²) < 4.78 is 11.1. The Morgan fingerprint density at radius 1 is 1.29 bits per heavy atom. The van der Waals surface area contributed by atoms with Gasteiger partial charge in [-0.1, -0.05) is 25.1 Å². The largest absolute Gasteiger partial charge is 0.459 e. The van der Waals surface area contributed by atoms with Crippen molar-refractivity contribution in [2.45, 2.75) is 25.8 Å². The Kier molecular flexibility index (Phi) is 4.18. The van der Waals surface area contributed by atoms with Crippen LogP contribution in [-0.4, -0.2) is 13.2 Å². The zero-order valence-corrected chi connectivity index (χ0v) is 10.2. The fraction of sp³-hybridized carbons (Fsp3) is 0.429. The van der Waals surface area contributed by atoms with E-state index < -0.39 is 0 Å². The third-order valence-electron chi connectivity index (χ3n) is 2.73. The Labute approximate surface area is 102 Å². The molecule has 3 nitrogen and oxygen atoms in total. The molecule has 1 unspecified atom stereocenters. The summed E-state index contributed by atoms with van der Waals surface area (Å²) in [6.45, 7) is 3.58. The minimum atomic E-state index is -0.0840. The quantitative estimate of drug-likeness (QED) is 0.779. The maximum absolute atomic E-state index is 6.07. The van der Waals surface area contributed by atoms with E-state index in [-0.39, 0.29) is 6.04 Å². The summed E-state index contributed by atoms with van der Waals surface area (Å²) in [5, 5.41) is 1.10. The predicted octanol–water partition coefficient (Wildman–Crippen LogP) is 3.25. The van der Waals surface area contributed by atoms with Gasteiger partial charge in [-0.3, -0.25) is 0 Å². The molecule has 2 N–H and O–H groups in total. The lowest BCUT2D eigenvalue weighted by molar-refractivity contribution is 0.126. The number of para-hydroxylation sites is 1. The zero-order valence-electron chi connectivity index (χ0n) is 10.2. The van der Waals surface area contributed by atoms with Crippen LogP contribution in [0.2, 0.25) is 0 Å². The Hall–Kier alpha value is -1.32. The van der Waals surface area contributed by atoms with Gasteiger partial charge in [0.15, 0.2) is 0 Å². The van der Waals surface area contributed by atoms with Crippen LogP contribution in [0, 0.1) is 0 Å². The van der Waals surface area contributed by atoms with Crippen LogP contribution in [0.25, 0.3) is 11.0 Å². The summed E-state index contributed by atoms with van der Waals surface area (Å²) in [7, 11) is 0. The highest BCUT2D eigenvalue weighted by atomic mass is 16.5. The normalized spacial score (nSPS) is 13.1. The second-order valence-electron chi connectivity index (χ2n) is 4.19. The Morgan fingerprint density at radius 2 is 2.12 bits per heavy atom. The molecule has 2 aromatic rings. The molecule has 1 aromatic carbocycles. The molecule has 0 spiro atoms. The third-order valence-corrected chi connectivity index (χ3v) is 2.73. The minimum absolute atomic E-state index is 0.0840. The summed E-state index contributed by atoms with van der Waals surface area (Å²) in [6, 6.07) is 9.88. The molecule has 2 rings (SSSR count). The van der Waals surface area contributed by atoms with Gasteiger partial charge in [0.05, 0.1) is 6.04 Å². The van der Waals surface area contributed by atoms with Crippen molar-refractivity contribution in [1.29, 1.82) is 0 Å². The van der Waals surface area contributed by atoms with Crippen LogP contribution in [0.3, 0.4) is 0 Å². The van der Waals surface area contributed by atoms with Gasteiger partial charge >= 0.3 is 0 Å². The van der Waals surface area contributed by atoms with Crippen molar-refractivity contribution in [2.24, 2.45) is 5.73 Å². The molecule has 0 saturated heterocycles.